The smallest absolute Gasteiger partial charge is 0.276 e. The SMILES string of the molecule is CCOc1ccc2nc(NC(=O)c3csc(N)n3)sc2c1. The summed E-state index contributed by atoms with van der Waals surface area (Å²) in [5, 5.41) is 5.23. The van der Waals surface area contributed by atoms with Gasteiger partial charge in [0.1, 0.15) is 11.4 Å². The number of fused-ring (bicyclic) bond motifs is 1. The fourth-order valence-corrected chi connectivity index (χ4v) is 3.20. The van der Waals surface area contributed by atoms with Crippen LogP contribution >= 0.6 is 22.7 Å². The Bertz CT molecular complexity index is 796. The number of ether oxygens (including phenoxy) is 1. The maximum atomic E-state index is 12.0. The van der Waals surface area contributed by atoms with E-state index in [0.29, 0.717) is 22.6 Å². The number of amides is 1. The van der Waals surface area contributed by atoms with E-state index in [4.69, 9.17) is 10.5 Å². The molecule has 0 aliphatic carbocycles. The highest BCUT2D eigenvalue weighted by atomic mass is 32.1. The van der Waals surface area contributed by atoms with E-state index in [2.05, 4.69) is 15.3 Å². The van der Waals surface area contributed by atoms with Crippen molar-refractivity contribution in [3.63, 3.8) is 0 Å². The highest BCUT2D eigenvalue weighted by Crippen LogP contribution is 2.29. The van der Waals surface area contributed by atoms with Crippen molar-refractivity contribution in [3.05, 3.63) is 29.3 Å². The first-order valence-corrected chi connectivity index (χ1v) is 7.91. The van der Waals surface area contributed by atoms with Crippen LogP contribution in [-0.4, -0.2) is 22.5 Å². The number of benzene rings is 1. The van der Waals surface area contributed by atoms with Gasteiger partial charge in [0.25, 0.3) is 5.91 Å². The maximum absolute atomic E-state index is 12.0. The van der Waals surface area contributed by atoms with Gasteiger partial charge >= 0.3 is 0 Å². The average Bonchev–Trinajstić information content (AvgIpc) is 3.04. The number of nitrogens with one attached hydrogen (secondary N) is 1. The Kier molecular flexibility index (Phi) is 3.72. The van der Waals surface area contributed by atoms with Crippen molar-refractivity contribution in [2.24, 2.45) is 0 Å². The van der Waals surface area contributed by atoms with Crippen LogP contribution in [0.5, 0.6) is 5.75 Å². The lowest BCUT2D eigenvalue weighted by atomic mass is 10.3. The zero-order valence-electron chi connectivity index (χ0n) is 11.1. The molecule has 0 radical (unpaired) electrons. The molecule has 0 saturated carbocycles. The Morgan fingerprint density at radius 1 is 1.43 bits per heavy atom. The Balaban J connectivity index is 1.82. The summed E-state index contributed by atoms with van der Waals surface area (Å²) in [6.45, 7) is 2.54. The van der Waals surface area contributed by atoms with Gasteiger partial charge in [0.05, 0.1) is 16.8 Å². The first kappa shape index (κ1) is 13.8. The minimum absolute atomic E-state index is 0.298. The zero-order valence-corrected chi connectivity index (χ0v) is 12.8. The second-order valence-corrected chi connectivity index (χ2v) is 6.03. The van der Waals surface area contributed by atoms with Crippen molar-refractivity contribution in [1.29, 1.82) is 0 Å². The van der Waals surface area contributed by atoms with E-state index in [-0.39, 0.29) is 5.91 Å². The fourth-order valence-electron chi connectivity index (χ4n) is 1.77. The summed E-state index contributed by atoms with van der Waals surface area (Å²) in [7, 11) is 0. The summed E-state index contributed by atoms with van der Waals surface area (Å²) in [6.07, 6.45) is 0. The molecule has 1 aromatic carbocycles. The topological polar surface area (TPSA) is 90.1 Å². The molecule has 21 heavy (non-hydrogen) atoms. The lowest BCUT2D eigenvalue weighted by molar-refractivity contribution is 0.102. The molecule has 0 aliphatic rings. The van der Waals surface area contributed by atoms with E-state index in [9.17, 15) is 4.79 Å². The molecule has 8 heteroatoms. The number of aromatic nitrogens is 2. The molecule has 0 bridgehead atoms. The normalized spacial score (nSPS) is 10.7. The molecule has 0 atom stereocenters. The van der Waals surface area contributed by atoms with Gasteiger partial charge in [0.15, 0.2) is 10.3 Å². The van der Waals surface area contributed by atoms with Gasteiger partial charge in [-0.15, -0.1) is 11.3 Å². The summed E-state index contributed by atoms with van der Waals surface area (Å²) >= 11 is 2.62. The third-order valence-electron chi connectivity index (χ3n) is 2.65. The maximum Gasteiger partial charge on any atom is 0.276 e. The zero-order chi connectivity index (χ0) is 14.8. The number of nitrogens with two attached hydrogens (primary N) is 1. The highest BCUT2D eigenvalue weighted by molar-refractivity contribution is 7.22. The summed E-state index contributed by atoms with van der Waals surface area (Å²) in [4.78, 5) is 20.3. The summed E-state index contributed by atoms with van der Waals surface area (Å²) in [6, 6.07) is 5.64. The number of carbonyl (C=O) groups is 1. The van der Waals surface area contributed by atoms with Crippen LogP contribution in [-0.2, 0) is 0 Å². The van der Waals surface area contributed by atoms with Crippen LogP contribution in [0.4, 0.5) is 10.3 Å². The lowest BCUT2D eigenvalue weighted by Gasteiger charge is -2.00. The molecule has 0 fully saturated rings. The molecule has 108 valence electrons. The third-order valence-corrected chi connectivity index (χ3v) is 4.25. The number of hydrogen-bond donors (Lipinski definition) is 2. The molecule has 0 unspecified atom stereocenters. The molecule has 2 aromatic heterocycles. The minimum atomic E-state index is -0.313. The predicted octanol–water partition coefficient (Wildman–Crippen LogP) is 2.99. The fraction of sp³-hybridized carbons (Fsp3) is 0.154. The molecule has 1 amide bonds. The van der Waals surface area contributed by atoms with E-state index in [1.807, 2.05) is 25.1 Å². The number of rotatable bonds is 4. The molecule has 3 rings (SSSR count). The van der Waals surface area contributed by atoms with Gasteiger partial charge in [-0.1, -0.05) is 11.3 Å². The Labute approximate surface area is 128 Å². The van der Waals surface area contributed by atoms with Crippen LogP contribution in [0, 0.1) is 0 Å². The van der Waals surface area contributed by atoms with Gasteiger partial charge in [-0.05, 0) is 25.1 Å². The van der Waals surface area contributed by atoms with Crippen molar-refractivity contribution < 1.29 is 9.53 Å². The van der Waals surface area contributed by atoms with Gasteiger partial charge < -0.3 is 10.5 Å². The monoisotopic (exact) mass is 320 g/mol. The Hall–Kier alpha value is -2.19. The van der Waals surface area contributed by atoms with Gasteiger partial charge in [-0.25, -0.2) is 9.97 Å². The second-order valence-electron chi connectivity index (χ2n) is 4.11. The van der Waals surface area contributed by atoms with E-state index in [1.165, 1.54) is 22.7 Å². The number of anilines is 2. The largest absolute Gasteiger partial charge is 0.494 e. The van der Waals surface area contributed by atoms with Crippen molar-refractivity contribution in [2.75, 3.05) is 17.7 Å². The standard InChI is InChI=1S/C13H12N4O2S2/c1-2-19-7-3-4-8-10(5-7)21-13(16-8)17-11(18)9-6-20-12(14)15-9/h3-6H,2H2,1H3,(H2,14,15)(H,16,17,18). The average molecular weight is 320 g/mol. The summed E-state index contributed by atoms with van der Waals surface area (Å²) < 4.78 is 6.40. The number of nitrogens with zero attached hydrogens (tertiary/aromatic N) is 2. The predicted molar refractivity (Wildman–Crippen MR) is 85.3 cm³/mol. The molecule has 6 nitrogen and oxygen atoms in total. The van der Waals surface area contributed by atoms with Crippen LogP contribution in [0.25, 0.3) is 10.2 Å². The molecular weight excluding hydrogens is 308 g/mol. The van der Waals surface area contributed by atoms with E-state index < -0.39 is 0 Å². The van der Waals surface area contributed by atoms with Crippen molar-refractivity contribution in [3.8, 4) is 5.75 Å². The van der Waals surface area contributed by atoms with Gasteiger partial charge in [-0.2, -0.15) is 0 Å². The molecule has 3 aromatic rings. The van der Waals surface area contributed by atoms with E-state index in [1.54, 1.807) is 5.38 Å². The number of hydrogen-bond acceptors (Lipinski definition) is 7. The van der Waals surface area contributed by atoms with Crippen LogP contribution in [0.2, 0.25) is 0 Å². The van der Waals surface area contributed by atoms with Crippen LogP contribution in [0.1, 0.15) is 17.4 Å². The van der Waals surface area contributed by atoms with E-state index in [0.717, 1.165) is 16.0 Å². The number of carbonyl (C=O) groups excluding carboxylic acids is 1. The number of thiazole rings is 2. The second kappa shape index (κ2) is 5.66. The highest BCUT2D eigenvalue weighted by Gasteiger charge is 2.13. The van der Waals surface area contributed by atoms with Crippen molar-refractivity contribution in [2.45, 2.75) is 6.92 Å². The summed E-state index contributed by atoms with van der Waals surface area (Å²) in [5.41, 5.74) is 6.63. The molecule has 0 aliphatic heterocycles. The molecule has 0 saturated heterocycles. The lowest BCUT2D eigenvalue weighted by Crippen LogP contribution is -2.12. The van der Waals surface area contributed by atoms with Crippen LogP contribution < -0.4 is 15.8 Å². The molecule has 0 spiro atoms. The van der Waals surface area contributed by atoms with Gasteiger partial charge in [-0.3, -0.25) is 10.1 Å². The quantitative estimate of drug-likeness (QED) is 0.771. The van der Waals surface area contributed by atoms with Crippen LogP contribution in [0.15, 0.2) is 23.6 Å². The van der Waals surface area contributed by atoms with Crippen molar-refractivity contribution in [1.82, 2.24) is 9.97 Å². The first-order chi connectivity index (χ1) is 10.2. The van der Waals surface area contributed by atoms with Gasteiger partial charge in [0.2, 0.25) is 0 Å². The number of nitrogen functional groups attached to an aromatic ring is 1. The van der Waals surface area contributed by atoms with E-state index >= 15 is 0 Å². The van der Waals surface area contributed by atoms with Crippen molar-refractivity contribution >= 4 is 49.1 Å². The molecular formula is C13H12N4O2S2. The first-order valence-electron chi connectivity index (χ1n) is 6.21. The van der Waals surface area contributed by atoms with Gasteiger partial charge in [0, 0.05) is 5.38 Å². The third kappa shape index (κ3) is 2.96. The van der Waals surface area contributed by atoms with Crippen LogP contribution in [0.3, 0.4) is 0 Å². The Morgan fingerprint density at radius 3 is 3.00 bits per heavy atom. The summed E-state index contributed by atoms with van der Waals surface area (Å²) in [5.74, 6) is 0.478. The minimum Gasteiger partial charge on any atom is -0.494 e. The Morgan fingerprint density at radius 2 is 2.29 bits per heavy atom. The molecule has 2 heterocycles. The molecule has 3 N–H and O–H groups in total.